The molecule has 1 saturated heterocycles. The Morgan fingerprint density at radius 1 is 1.17 bits per heavy atom. The van der Waals surface area contributed by atoms with Crippen LogP contribution >= 0.6 is 0 Å². The molecule has 0 saturated carbocycles. The summed E-state index contributed by atoms with van der Waals surface area (Å²) in [7, 11) is 0. The molecule has 2 heterocycles. The summed E-state index contributed by atoms with van der Waals surface area (Å²) in [6.07, 6.45) is 2.55. The maximum Gasteiger partial charge on any atom is 0.269 e. The van der Waals surface area contributed by atoms with E-state index >= 15 is 0 Å². The highest BCUT2D eigenvalue weighted by Gasteiger charge is 2.46. The van der Waals surface area contributed by atoms with Crippen LogP contribution in [0.1, 0.15) is 36.8 Å². The van der Waals surface area contributed by atoms with Crippen molar-refractivity contribution in [1.29, 1.82) is 0 Å². The van der Waals surface area contributed by atoms with E-state index in [0.29, 0.717) is 18.7 Å². The van der Waals surface area contributed by atoms with Gasteiger partial charge in [0.25, 0.3) is 5.91 Å². The Kier molecular flexibility index (Phi) is 5.95. The molecule has 0 radical (unpaired) electrons. The number of rotatable bonds is 7. The third kappa shape index (κ3) is 4.85. The first-order valence-corrected chi connectivity index (χ1v) is 10.5. The van der Waals surface area contributed by atoms with E-state index in [1.807, 2.05) is 24.3 Å². The summed E-state index contributed by atoms with van der Waals surface area (Å²) in [4.78, 5) is 20.8. The first-order chi connectivity index (χ1) is 14.1. The number of nitrogens with one attached hydrogen (secondary N) is 1. The van der Waals surface area contributed by atoms with Crippen molar-refractivity contribution in [2.24, 2.45) is 5.16 Å². The summed E-state index contributed by atoms with van der Waals surface area (Å²) in [5.41, 5.74) is 2.77. The molecular weight excluding hydrogens is 362 g/mol. The van der Waals surface area contributed by atoms with Gasteiger partial charge in [-0.15, -0.1) is 0 Å². The molecular formula is C24H29N3O2. The first-order valence-electron chi connectivity index (χ1n) is 10.5. The Morgan fingerprint density at radius 3 is 2.66 bits per heavy atom. The highest BCUT2D eigenvalue weighted by Crippen LogP contribution is 2.34. The van der Waals surface area contributed by atoms with Crippen LogP contribution in [-0.4, -0.2) is 48.3 Å². The average molecular weight is 392 g/mol. The van der Waals surface area contributed by atoms with Crippen molar-refractivity contribution in [2.75, 3.05) is 26.2 Å². The van der Waals surface area contributed by atoms with E-state index in [0.717, 1.165) is 32.5 Å². The van der Waals surface area contributed by atoms with Gasteiger partial charge in [0.05, 0.1) is 0 Å². The van der Waals surface area contributed by atoms with Crippen LogP contribution in [0.25, 0.3) is 0 Å². The van der Waals surface area contributed by atoms with Crippen LogP contribution < -0.4 is 5.32 Å². The van der Waals surface area contributed by atoms with Gasteiger partial charge in [-0.2, -0.15) is 0 Å². The van der Waals surface area contributed by atoms with Crippen LogP contribution in [0.5, 0.6) is 0 Å². The number of benzene rings is 2. The second-order valence-electron chi connectivity index (χ2n) is 8.27. The Balaban J connectivity index is 1.23. The van der Waals surface area contributed by atoms with Crippen molar-refractivity contribution in [3.05, 3.63) is 71.8 Å². The fraction of sp³-hybridized carbons (Fsp3) is 0.417. The molecule has 1 fully saturated rings. The zero-order chi connectivity index (χ0) is 20.1. The van der Waals surface area contributed by atoms with E-state index in [-0.39, 0.29) is 17.4 Å². The molecule has 29 heavy (non-hydrogen) atoms. The van der Waals surface area contributed by atoms with E-state index in [9.17, 15) is 4.79 Å². The van der Waals surface area contributed by atoms with Crippen LogP contribution in [0.4, 0.5) is 0 Å². The molecule has 152 valence electrons. The normalized spacial score (nSPS) is 22.3. The molecule has 2 atom stereocenters. The molecule has 0 aliphatic carbocycles. The zero-order valence-electron chi connectivity index (χ0n) is 17.0. The van der Waals surface area contributed by atoms with Gasteiger partial charge in [0, 0.05) is 39.0 Å². The number of carbonyl (C=O) groups excluding carboxylic acids is 1. The predicted molar refractivity (Wildman–Crippen MR) is 115 cm³/mol. The number of carbonyl (C=O) groups is 1. The summed E-state index contributed by atoms with van der Waals surface area (Å²) in [5.74, 6) is 0.157. The topological polar surface area (TPSA) is 53.9 Å². The van der Waals surface area contributed by atoms with Gasteiger partial charge in [-0.3, -0.25) is 9.69 Å². The molecule has 2 aromatic rings. The molecule has 2 aliphatic rings. The highest BCUT2D eigenvalue weighted by atomic mass is 16.7. The van der Waals surface area contributed by atoms with Crippen LogP contribution in [0.3, 0.4) is 0 Å². The van der Waals surface area contributed by atoms with Gasteiger partial charge in [-0.25, -0.2) is 0 Å². The quantitative estimate of drug-likeness (QED) is 0.787. The molecule has 1 spiro atoms. The van der Waals surface area contributed by atoms with Crippen LogP contribution in [0, 0.1) is 0 Å². The minimum atomic E-state index is -0.325. The predicted octanol–water partition coefficient (Wildman–Crippen LogP) is 3.37. The molecule has 0 bridgehead atoms. The maximum absolute atomic E-state index is 12.6. The van der Waals surface area contributed by atoms with Crippen LogP contribution in [0.2, 0.25) is 0 Å². The van der Waals surface area contributed by atoms with Crippen molar-refractivity contribution in [3.8, 4) is 0 Å². The molecule has 5 nitrogen and oxygen atoms in total. The van der Waals surface area contributed by atoms with Gasteiger partial charge in [0.1, 0.15) is 5.71 Å². The highest BCUT2D eigenvalue weighted by molar-refractivity contribution is 6.39. The minimum Gasteiger partial charge on any atom is -0.387 e. The summed E-state index contributed by atoms with van der Waals surface area (Å²) in [6.45, 7) is 5.54. The second kappa shape index (κ2) is 8.78. The van der Waals surface area contributed by atoms with Gasteiger partial charge < -0.3 is 10.2 Å². The first kappa shape index (κ1) is 19.6. The number of nitrogens with zero attached hydrogens (tertiary/aromatic N) is 2. The summed E-state index contributed by atoms with van der Waals surface area (Å²) < 4.78 is 0. The van der Waals surface area contributed by atoms with Crippen LogP contribution in [-0.2, 0) is 16.1 Å². The Labute approximate surface area is 172 Å². The molecule has 1 N–H and O–H groups in total. The Bertz CT molecular complexity index is 853. The standard InChI is InChI=1S/C24H29N3O2/c1-19(21-10-6-3-7-11-21)17-25-23(28)22-16-24(29-26-22)13-15-27(18-24)14-12-20-8-4-2-5-9-20/h2-11,19H,12-18H2,1H3,(H,25,28). The second-order valence-corrected chi connectivity index (χ2v) is 8.27. The van der Waals surface area contributed by atoms with Gasteiger partial charge >= 0.3 is 0 Å². The Morgan fingerprint density at radius 2 is 1.90 bits per heavy atom. The lowest BCUT2D eigenvalue weighted by molar-refractivity contribution is -0.115. The van der Waals surface area contributed by atoms with Crippen molar-refractivity contribution in [3.63, 3.8) is 0 Å². The average Bonchev–Trinajstić information content (AvgIpc) is 3.38. The van der Waals surface area contributed by atoms with E-state index in [4.69, 9.17) is 4.84 Å². The van der Waals surface area contributed by atoms with E-state index < -0.39 is 0 Å². The third-order valence-corrected chi connectivity index (χ3v) is 5.99. The molecule has 2 aliphatic heterocycles. The molecule has 2 aromatic carbocycles. The summed E-state index contributed by atoms with van der Waals surface area (Å²) in [6, 6.07) is 20.8. The monoisotopic (exact) mass is 391 g/mol. The smallest absolute Gasteiger partial charge is 0.269 e. The van der Waals surface area contributed by atoms with E-state index in [1.54, 1.807) is 0 Å². The van der Waals surface area contributed by atoms with E-state index in [1.165, 1.54) is 11.1 Å². The number of amides is 1. The molecule has 1 amide bonds. The maximum atomic E-state index is 12.6. The van der Waals surface area contributed by atoms with Crippen molar-refractivity contribution in [2.45, 2.75) is 37.7 Å². The molecule has 2 unspecified atom stereocenters. The number of likely N-dealkylation sites (tertiary alicyclic amines) is 1. The fourth-order valence-electron chi connectivity index (χ4n) is 4.16. The molecule has 0 aromatic heterocycles. The molecule has 5 heteroatoms. The molecule has 4 rings (SSSR count). The lowest BCUT2D eigenvalue weighted by Gasteiger charge is -2.21. The number of hydrogen-bond donors (Lipinski definition) is 1. The van der Waals surface area contributed by atoms with Crippen molar-refractivity contribution >= 4 is 11.6 Å². The fourth-order valence-corrected chi connectivity index (χ4v) is 4.16. The van der Waals surface area contributed by atoms with Gasteiger partial charge in [0.2, 0.25) is 0 Å². The van der Waals surface area contributed by atoms with Crippen molar-refractivity contribution < 1.29 is 9.63 Å². The largest absolute Gasteiger partial charge is 0.387 e. The van der Waals surface area contributed by atoms with Crippen molar-refractivity contribution in [1.82, 2.24) is 10.2 Å². The lowest BCUT2D eigenvalue weighted by Crippen LogP contribution is -2.38. The van der Waals surface area contributed by atoms with E-state index in [2.05, 4.69) is 58.7 Å². The Hall–Kier alpha value is -2.66. The summed E-state index contributed by atoms with van der Waals surface area (Å²) in [5, 5.41) is 7.18. The van der Waals surface area contributed by atoms with Gasteiger partial charge in [0.15, 0.2) is 5.60 Å². The zero-order valence-corrected chi connectivity index (χ0v) is 17.0. The number of oxime groups is 1. The summed E-state index contributed by atoms with van der Waals surface area (Å²) >= 11 is 0. The minimum absolute atomic E-state index is 0.104. The van der Waals surface area contributed by atoms with Gasteiger partial charge in [-0.05, 0) is 23.5 Å². The SMILES string of the molecule is CC(CNC(=O)C1=NOC2(CCN(CCc3ccccc3)C2)C1)c1ccccc1. The third-order valence-electron chi connectivity index (χ3n) is 5.99. The number of hydrogen-bond acceptors (Lipinski definition) is 4. The van der Waals surface area contributed by atoms with Crippen LogP contribution in [0.15, 0.2) is 65.8 Å². The van der Waals surface area contributed by atoms with Gasteiger partial charge in [-0.1, -0.05) is 72.7 Å². The lowest BCUT2D eigenvalue weighted by atomic mass is 9.96.